The SMILES string of the molecule is CCC1(C(=O)O)CCN(CCC(C)c2ccccc2)CC1. The van der Waals surface area contributed by atoms with Gasteiger partial charge in [0.1, 0.15) is 0 Å². The second-order valence-electron chi connectivity index (χ2n) is 6.38. The van der Waals surface area contributed by atoms with Gasteiger partial charge >= 0.3 is 5.97 Å². The summed E-state index contributed by atoms with van der Waals surface area (Å²) in [6.45, 7) is 7.17. The molecule has 1 aromatic rings. The summed E-state index contributed by atoms with van der Waals surface area (Å²) in [5.74, 6) is -0.0502. The Labute approximate surface area is 128 Å². The number of hydrogen-bond donors (Lipinski definition) is 1. The molecule has 1 aliphatic heterocycles. The van der Waals surface area contributed by atoms with Crippen LogP contribution in [0.25, 0.3) is 0 Å². The largest absolute Gasteiger partial charge is 0.481 e. The minimum Gasteiger partial charge on any atom is -0.481 e. The number of likely N-dealkylation sites (tertiary alicyclic amines) is 1. The van der Waals surface area contributed by atoms with Crippen LogP contribution in [0.5, 0.6) is 0 Å². The Kier molecular flexibility index (Phi) is 5.40. The fraction of sp³-hybridized carbons (Fsp3) is 0.611. The van der Waals surface area contributed by atoms with Crippen LogP contribution in [0.15, 0.2) is 30.3 Å². The van der Waals surface area contributed by atoms with Gasteiger partial charge in [0.25, 0.3) is 0 Å². The number of hydrogen-bond acceptors (Lipinski definition) is 2. The number of carboxylic acids is 1. The average molecular weight is 289 g/mol. The lowest BCUT2D eigenvalue weighted by Crippen LogP contribution is -2.44. The molecule has 0 aliphatic carbocycles. The van der Waals surface area contributed by atoms with Crippen molar-refractivity contribution in [2.75, 3.05) is 19.6 Å². The lowest BCUT2D eigenvalue weighted by atomic mass is 9.76. The van der Waals surface area contributed by atoms with Crippen LogP contribution in [0.2, 0.25) is 0 Å². The summed E-state index contributed by atoms with van der Waals surface area (Å²) < 4.78 is 0. The summed E-state index contributed by atoms with van der Waals surface area (Å²) in [4.78, 5) is 13.9. The predicted octanol–water partition coefficient (Wildman–Crippen LogP) is 3.76. The molecule has 1 atom stereocenters. The maximum absolute atomic E-state index is 11.4. The van der Waals surface area contributed by atoms with Gasteiger partial charge in [-0.05, 0) is 56.8 Å². The van der Waals surface area contributed by atoms with E-state index in [0.29, 0.717) is 5.92 Å². The molecule has 0 amide bonds. The maximum Gasteiger partial charge on any atom is 0.309 e. The number of aliphatic carboxylic acids is 1. The van der Waals surface area contributed by atoms with Crippen LogP contribution in [-0.4, -0.2) is 35.6 Å². The number of carbonyl (C=O) groups is 1. The summed E-state index contributed by atoms with van der Waals surface area (Å²) in [7, 11) is 0. The molecule has 1 unspecified atom stereocenters. The van der Waals surface area contributed by atoms with E-state index in [9.17, 15) is 9.90 Å². The monoisotopic (exact) mass is 289 g/mol. The highest BCUT2D eigenvalue weighted by Gasteiger charge is 2.39. The average Bonchev–Trinajstić information content (AvgIpc) is 2.53. The summed E-state index contributed by atoms with van der Waals surface area (Å²) in [6.07, 6.45) is 3.46. The van der Waals surface area contributed by atoms with E-state index in [0.717, 1.165) is 45.3 Å². The van der Waals surface area contributed by atoms with Crippen LogP contribution in [0.4, 0.5) is 0 Å². The van der Waals surface area contributed by atoms with Gasteiger partial charge in [0.2, 0.25) is 0 Å². The highest BCUT2D eigenvalue weighted by atomic mass is 16.4. The Bertz CT molecular complexity index is 450. The smallest absolute Gasteiger partial charge is 0.309 e. The number of carboxylic acid groups (broad SMARTS) is 1. The molecular weight excluding hydrogens is 262 g/mol. The number of rotatable bonds is 6. The number of piperidine rings is 1. The van der Waals surface area contributed by atoms with Crippen LogP contribution in [0.3, 0.4) is 0 Å². The molecule has 2 rings (SSSR count). The van der Waals surface area contributed by atoms with Crippen LogP contribution in [-0.2, 0) is 4.79 Å². The summed E-state index contributed by atoms with van der Waals surface area (Å²) >= 11 is 0. The van der Waals surface area contributed by atoms with E-state index < -0.39 is 11.4 Å². The third-order valence-electron chi connectivity index (χ3n) is 5.19. The molecule has 1 aromatic carbocycles. The van der Waals surface area contributed by atoms with E-state index in [4.69, 9.17) is 0 Å². The third-order valence-corrected chi connectivity index (χ3v) is 5.19. The van der Waals surface area contributed by atoms with Crippen molar-refractivity contribution in [3.63, 3.8) is 0 Å². The molecule has 0 radical (unpaired) electrons. The fourth-order valence-electron chi connectivity index (χ4n) is 3.25. The first-order chi connectivity index (χ1) is 10.1. The summed E-state index contributed by atoms with van der Waals surface area (Å²) in [6, 6.07) is 10.6. The van der Waals surface area contributed by atoms with Crippen molar-refractivity contribution in [1.82, 2.24) is 4.90 Å². The lowest BCUT2D eigenvalue weighted by Gasteiger charge is -2.38. The van der Waals surface area contributed by atoms with Gasteiger partial charge in [-0.25, -0.2) is 0 Å². The second kappa shape index (κ2) is 7.08. The van der Waals surface area contributed by atoms with Crippen molar-refractivity contribution in [3.05, 3.63) is 35.9 Å². The lowest BCUT2D eigenvalue weighted by molar-refractivity contribution is -0.152. The van der Waals surface area contributed by atoms with E-state index in [-0.39, 0.29) is 0 Å². The van der Waals surface area contributed by atoms with E-state index >= 15 is 0 Å². The van der Waals surface area contributed by atoms with Crippen molar-refractivity contribution in [1.29, 1.82) is 0 Å². The Morgan fingerprint density at radius 3 is 2.43 bits per heavy atom. The molecule has 1 heterocycles. The molecule has 116 valence electrons. The predicted molar refractivity (Wildman–Crippen MR) is 85.5 cm³/mol. The molecule has 0 spiro atoms. The molecule has 1 aliphatic rings. The van der Waals surface area contributed by atoms with Gasteiger partial charge in [0.05, 0.1) is 5.41 Å². The van der Waals surface area contributed by atoms with Crippen molar-refractivity contribution >= 4 is 5.97 Å². The van der Waals surface area contributed by atoms with Crippen LogP contribution >= 0.6 is 0 Å². The van der Waals surface area contributed by atoms with Crippen molar-refractivity contribution in [2.45, 2.75) is 45.4 Å². The van der Waals surface area contributed by atoms with Gasteiger partial charge in [0, 0.05) is 0 Å². The van der Waals surface area contributed by atoms with E-state index in [2.05, 4.69) is 42.2 Å². The van der Waals surface area contributed by atoms with Gasteiger partial charge in [-0.2, -0.15) is 0 Å². The molecule has 3 nitrogen and oxygen atoms in total. The molecule has 0 aromatic heterocycles. The van der Waals surface area contributed by atoms with E-state index in [1.54, 1.807) is 0 Å². The van der Waals surface area contributed by atoms with Gasteiger partial charge in [-0.15, -0.1) is 0 Å². The molecule has 0 saturated carbocycles. The summed E-state index contributed by atoms with van der Waals surface area (Å²) in [5, 5.41) is 9.42. The molecule has 21 heavy (non-hydrogen) atoms. The summed E-state index contributed by atoms with van der Waals surface area (Å²) in [5.41, 5.74) is 0.921. The zero-order valence-electron chi connectivity index (χ0n) is 13.2. The van der Waals surface area contributed by atoms with Gasteiger partial charge in [-0.3, -0.25) is 4.79 Å². The Morgan fingerprint density at radius 2 is 1.90 bits per heavy atom. The maximum atomic E-state index is 11.4. The van der Waals surface area contributed by atoms with E-state index in [1.165, 1.54) is 5.56 Å². The molecule has 1 fully saturated rings. The first-order valence-corrected chi connectivity index (χ1v) is 8.08. The fourth-order valence-corrected chi connectivity index (χ4v) is 3.25. The normalized spacial score (nSPS) is 20.1. The van der Waals surface area contributed by atoms with Gasteiger partial charge < -0.3 is 10.0 Å². The van der Waals surface area contributed by atoms with Crippen LogP contribution < -0.4 is 0 Å². The molecule has 0 bridgehead atoms. The third kappa shape index (κ3) is 3.85. The Hall–Kier alpha value is -1.35. The van der Waals surface area contributed by atoms with E-state index in [1.807, 2.05) is 6.92 Å². The number of nitrogens with zero attached hydrogens (tertiary/aromatic N) is 1. The molecular formula is C18H27NO2. The highest BCUT2D eigenvalue weighted by Crippen LogP contribution is 2.35. The van der Waals surface area contributed by atoms with Crippen molar-refractivity contribution in [3.8, 4) is 0 Å². The molecule has 1 saturated heterocycles. The first kappa shape index (κ1) is 16.0. The standard InChI is InChI=1S/C18H27NO2/c1-3-18(17(20)21)10-13-19(14-11-18)12-9-15(2)16-7-5-4-6-8-16/h4-8,15H,3,9-14H2,1-2H3,(H,20,21). The Balaban J connectivity index is 1.80. The Morgan fingerprint density at radius 1 is 1.29 bits per heavy atom. The van der Waals surface area contributed by atoms with Gasteiger partial charge in [0.15, 0.2) is 0 Å². The topological polar surface area (TPSA) is 40.5 Å². The van der Waals surface area contributed by atoms with Crippen LogP contribution in [0, 0.1) is 5.41 Å². The second-order valence-corrected chi connectivity index (χ2v) is 6.38. The van der Waals surface area contributed by atoms with Crippen molar-refractivity contribution < 1.29 is 9.90 Å². The van der Waals surface area contributed by atoms with Crippen molar-refractivity contribution in [2.24, 2.45) is 5.41 Å². The first-order valence-electron chi connectivity index (χ1n) is 8.08. The van der Waals surface area contributed by atoms with Gasteiger partial charge in [-0.1, -0.05) is 44.2 Å². The minimum absolute atomic E-state index is 0.471. The van der Waals surface area contributed by atoms with Crippen LogP contribution in [0.1, 0.15) is 51.0 Å². The number of benzene rings is 1. The zero-order chi connectivity index (χ0) is 15.3. The quantitative estimate of drug-likeness (QED) is 0.867. The zero-order valence-corrected chi connectivity index (χ0v) is 13.2. The highest BCUT2D eigenvalue weighted by molar-refractivity contribution is 5.74. The minimum atomic E-state index is -0.609. The molecule has 1 N–H and O–H groups in total. The molecule has 3 heteroatoms.